The van der Waals surface area contributed by atoms with E-state index in [4.69, 9.17) is 9.47 Å². The van der Waals surface area contributed by atoms with E-state index in [0.717, 1.165) is 19.4 Å². The highest BCUT2D eigenvalue weighted by Crippen LogP contribution is 2.31. The van der Waals surface area contributed by atoms with Crippen molar-refractivity contribution in [2.24, 2.45) is 0 Å². The van der Waals surface area contributed by atoms with Crippen molar-refractivity contribution in [2.75, 3.05) is 26.3 Å². The van der Waals surface area contributed by atoms with Gasteiger partial charge < -0.3 is 19.5 Å². The largest absolute Gasteiger partial charge is 0.378 e. The number of nitrogens with zero attached hydrogens (tertiary/aromatic N) is 1. The first-order chi connectivity index (χ1) is 10.6. The van der Waals surface area contributed by atoms with E-state index in [-0.39, 0.29) is 12.0 Å². The quantitative estimate of drug-likeness (QED) is 0.900. The Bertz CT molecular complexity index is 513. The minimum absolute atomic E-state index is 0.0534. The number of ether oxygens (including phenoxy) is 2. The highest BCUT2D eigenvalue weighted by atomic mass is 16.6. The molecule has 1 aromatic carbocycles. The van der Waals surface area contributed by atoms with E-state index in [1.54, 1.807) is 17.0 Å². The molecule has 5 heteroatoms. The van der Waals surface area contributed by atoms with Crippen molar-refractivity contribution in [3.8, 4) is 0 Å². The molecule has 0 aliphatic carbocycles. The summed E-state index contributed by atoms with van der Waals surface area (Å²) < 4.78 is 11.6. The van der Waals surface area contributed by atoms with E-state index in [0.29, 0.717) is 25.3 Å². The number of benzene rings is 1. The Morgan fingerprint density at radius 3 is 2.86 bits per heavy atom. The van der Waals surface area contributed by atoms with Crippen molar-refractivity contribution in [3.63, 3.8) is 0 Å². The molecule has 3 rings (SSSR count). The molecule has 3 atom stereocenters. The number of rotatable bonds is 2. The molecule has 22 heavy (non-hydrogen) atoms. The first-order valence-corrected chi connectivity index (χ1v) is 7.87. The van der Waals surface area contributed by atoms with E-state index in [1.807, 2.05) is 25.1 Å². The summed E-state index contributed by atoms with van der Waals surface area (Å²) in [6, 6.07) is 9.05. The Kier molecular flexibility index (Phi) is 4.47. The second-order valence-electron chi connectivity index (χ2n) is 6.30. The van der Waals surface area contributed by atoms with Crippen LogP contribution in [0.4, 0.5) is 0 Å². The third-order valence-corrected chi connectivity index (χ3v) is 4.35. The van der Waals surface area contributed by atoms with Crippen LogP contribution in [0, 0.1) is 0 Å². The van der Waals surface area contributed by atoms with Gasteiger partial charge in [0.15, 0.2) is 6.10 Å². The molecule has 2 fully saturated rings. The van der Waals surface area contributed by atoms with Crippen LogP contribution in [0.1, 0.15) is 31.4 Å². The average Bonchev–Trinajstić information content (AvgIpc) is 2.54. The normalized spacial score (nSPS) is 30.3. The van der Waals surface area contributed by atoms with Crippen molar-refractivity contribution in [1.29, 1.82) is 0 Å². The number of aliphatic hydroxyl groups excluding tert-OH is 1. The van der Waals surface area contributed by atoms with Crippen LogP contribution in [0.2, 0.25) is 0 Å². The van der Waals surface area contributed by atoms with Gasteiger partial charge in [0.25, 0.3) is 5.91 Å². The monoisotopic (exact) mass is 305 g/mol. The van der Waals surface area contributed by atoms with Crippen molar-refractivity contribution in [3.05, 3.63) is 35.9 Å². The number of morpholine rings is 1. The molecule has 1 amide bonds. The summed E-state index contributed by atoms with van der Waals surface area (Å²) in [6.07, 6.45) is 0.661. The van der Waals surface area contributed by atoms with Crippen LogP contribution in [-0.4, -0.2) is 53.9 Å². The average molecular weight is 305 g/mol. The Morgan fingerprint density at radius 2 is 2.18 bits per heavy atom. The second kappa shape index (κ2) is 6.36. The zero-order chi connectivity index (χ0) is 15.6. The molecule has 5 nitrogen and oxygen atoms in total. The summed E-state index contributed by atoms with van der Waals surface area (Å²) in [5, 5.41) is 10.4. The van der Waals surface area contributed by atoms with Crippen LogP contribution >= 0.6 is 0 Å². The van der Waals surface area contributed by atoms with Crippen LogP contribution < -0.4 is 0 Å². The second-order valence-corrected chi connectivity index (χ2v) is 6.30. The third-order valence-electron chi connectivity index (χ3n) is 4.35. The summed E-state index contributed by atoms with van der Waals surface area (Å²) >= 11 is 0. The van der Waals surface area contributed by atoms with Crippen molar-refractivity contribution in [1.82, 2.24) is 4.90 Å². The smallest absolute Gasteiger partial charge is 0.256 e. The Morgan fingerprint density at radius 1 is 1.41 bits per heavy atom. The van der Waals surface area contributed by atoms with Gasteiger partial charge in [-0.1, -0.05) is 30.3 Å². The van der Waals surface area contributed by atoms with Crippen LogP contribution in [-0.2, 0) is 14.3 Å². The minimum atomic E-state index is -1.12. The number of carbonyl (C=O) groups excluding carboxylic acids is 1. The predicted molar refractivity (Wildman–Crippen MR) is 81.3 cm³/mol. The summed E-state index contributed by atoms with van der Waals surface area (Å²) in [4.78, 5) is 14.4. The molecule has 1 N–H and O–H groups in total. The van der Waals surface area contributed by atoms with Gasteiger partial charge in [-0.25, -0.2) is 0 Å². The van der Waals surface area contributed by atoms with Crippen LogP contribution in [0.25, 0.3) is 0 Å². The van der Waals surface area contributed by atoms with E-state index < -0.39 is 11.7 Å². The summed E-state index contributed by atoms with van der Waals surface area (Å²) in [5.41, 5.74) is 0.211. The molecule has 2 saturated heterocycles. The lowest BCUT2D eigenvalue weighted by molar-refractivity contribution is -0.202. The van der Waals surface area contributed by atoms with Crippen LogP contribution in [0.3, 0.4) is 0 Å². The molecule has 0 aromatic heterocycles. The number of hydrogen-bond acceptors (Lipinski definition) is 4. The SMILES string of the molecule is CC1CN(C(=O)C(O)c2ccccc2)CC2(CCCOC2)O1. The van der Waals surface area contributed by atoms with E-state index in [2.05, 4.69) is 0 Å². The maximum Gasteiger partial charge on any atom is 0.256 e. The van der Waals surface area contributed by atoms with Gasteiger partial charge >= 0.3 is 0 Å². The molecule has 2 aliphatic heterocycles. The summed E-state index contributed by atoms with van der Waals surface area (Å²) in [5.74, 6) is -0.258. The number of amides is 1. The molecular formula is C17H23NO4. The fraction of sp³-hybridized carbons (Fsp3) is 0.588. The number of aliphatic hydroxyl groups is 1. The number of hydrogen-bond donors (Lipinski definition) is 1. The van der Waals surface area contributed by atoms with Gasteiger partial charge in [-0.2, -0.15) is 0 Å². The topological polar surface area (TPSA) is 59.0 Å². The van der Waals surface area contributed by atoms with Crippen LogP contribution in [0.15, 0.2) is 30.3 Å². The van der Waals surface area contributed by atoms with E-state index >= 15 is 0 Å². The molecule has 0 radical (unpaired) electrons. The first-order valence-electron chi connectivity index (χ1n) is 7.87. The minimum Gasteiger partial charge on any atom is -0.378 e. The fourth-order valence-corrected chi connectivity index (χ4v) is 3.39. The first kappa shape index (κ1) is 15.5. The van der Waals surface area contributed by atoms with Gasteiger partial charge in [0.1, 0.15) is 5.60 Å². The van der Waals surface area contributed by atoms with Crippen molar-refractivity contribution in [2.45, 2.75) is 37.6 Å². The maximum atomic E-state index is 12.6. The molecule has 120 valence electrons. The van der Waals surface area contributed by atoms with Gasteiger partial charge in [-0.3, -0.25) is 4.79 Å². The van der Waals surface area contributed by atoms with Crippen molar-refractivity contribution < 1.29 is 19.4 Å². The maximum absolute atomic E-state index is 12.6. The number of carbonyl (C=O) groups is 1. The molecule has 2 heterocycles. The summed E-state index contributed by atoms with van der Waals surface area (Å²) in [6.45, 7) is 4.22. The van der Waals surface area contributed by atoms with Gasteiger partial charge in [0.2, 0.25) is 0 Å². The standard InChI is InChI=1S/C17H23NO4/c1-13-10-18(11-17(22-13)8-5-9-21-12-17)16(20)15(19)14-6-3-2-4-7-14/h2-4,6-7,13,15,19H,5,8-12H2,1H3. The Hall–Kier alpha value is -1.43. The van der Waals surface area contributed by atoms with E-state index in [9.17, 15) is 9.90 Å². The van der Waals surface area contributed by atoms with E-state index in [1.165, 1.54) is 0 Å². The molecule has 1 aromatic rings. The zero-order valence-electron chi connectivity index (χ0n) is 12.9. The lowest BCUT2D eigenvalue weighted by Gasteiger charge is -2.47. The third kappa shape index (κ3) is 3.16. The molecule has 0 saturated carbocycles. The van der Waals surface area contributed by atoms with Crippen molar-refractivity contribution >= 4 is 5.91 Å². The molecule has 2 aliphatic rings. The lowest BCUT2D eigenvalue weighted by Crippen LogP contribution is -2.60. The lowest BCUT2D eigenvalue weighted by atomic mass is 9.93. The molecule has 3 unspecified atom stereocenters. The Labute approximate surface area is 130 Å². The summed E-state index contributed by atoms with van der Waals surface area (Å²) in [7, 11) is 0. The predicted octanol–water partition coefficient (Wildman–Crippen LogP) is 1.52. The highest BCUT2D eigenvalue weighted by Gasteiger charge is 2.43. The zero-order valence-corrected chi connectivity index (χ0v) is 12.9. The van der Waals surface area contributed by atoms with Gasteiger partial charge in [-0.15, -0.1) is 0 Å². The Balaban J connectivity index is 1.74. The van der Waals surface area contributed by atoms with Crippen LogP contribution in [0.5, 0.6) is 0 Å². The fourth-order valence-electron chi connectivity index (χ4n) is 3.39. The molecular weight excluding hydrogens is 282 g/mol. The van der Waals surface area contributed by atoms with Gasteiger partial charge in [-0.05, 0) is 25.3 Å². The van der Waals surface area contributed by atoms with Gasteiger partial charge in [0, 0.05) is 13.2 Å². The molecule has 1 spiro atoms. The molecule has 0 bridgehead atoms. The van der Waals surface area contributed by atoms with Gasteiger partial charge in [0.05, 0.1) is 19.3 Å². The highest BCUT2D eigenvalue weighted by molar-refractivity contribution is 5.82.